The van der Waals surface area contributed by atoms with Crippen molar-refractivity contribution >= 4 is 23.2 Å². The average molecular weight is 388 g/mol. The molecule has 1 atom stereocenters. The van der Waals surface area contributed by atoms with Gasteiger partial charge in [0, 0.05) is 18.1 Å². The molecule has 0 bridgehead atoms. The number of nitrogens with one attached hydrogen (secondary N) is 2. The van der Waals surface area contributed by atoms with Crippen LogP contribution in [0.15, 0.2) is 47.8 Å². The predicted octanol–water partition coefficient (Wildman–Crippen LogP) is 1.79. The zero-order chi connectivity index (χ0) is 19.1. The molecule has 0 spiro atoms. The zero-order valence-electron chi connectivity index (χ0n) is 15.0. The van der Waals surface area contributed by atoms with Gasteiger partial charge in [-0.1, -0.05) is 36.4 Å². The number of amides is 2. The Morgan fingerprint density at radius 3 is 2.44 bits per heavy atom. The van der Waals surface area contributed by atoms with Crippen molar-refractivity contribution in [2.75, 3.05) is 19.8 Å². The first-order chi connectivity index (χ1) is 13.1. The Hall–Kier alpha value is -2.22. The van der Waals surface area contributed by atoms with Crippen LogP contribution in [0.3, 0.4) is 0 Å². The molecule has 2 heterocycles. The molecule has 0 saturated carbocycles. The van der Waals surface area contributed by atoms with Crippen molar-refractivity contribution in [3.8, 4) is 0 Å². The molecule has 0 unspecified atom stereocenters. The van der Waals surface area contributed by atoms with Gasteiger partial charge in [0.05, 0.1) is 13.1 Å². The van der Waals surface area contributed by atoms with Gasteiger partial charge in [-0.05, 0) is 35.8 Å². The van der Waals surface area contributed by atoms with E-state index in [9.17, 15) is 14.7 Å². The van der Waals surface area contributed by atoms with Gasteiger partial charge < -0.3 is 20.5 Å². The van der Waals surface area contributed by atoms with E-state index in [0.717, 1.165) is 10.4 Å². The summed E-state index contributed by atoms with van der Waals surface area (Å²) >= 11 is 1.51. The number of benzene rings is 1. The van der Waals surface area contributed by atoms with Crippen molar-refractivity contribution in [1.82, 2.24) is 10.6 Å². The summed E-state index contributed by atoms with van der Waals surface area (Å²) in [6, 6.07) is 13.1. The van der Waals surface area contributed by atoms with E-state index in [1.165, 1.54) is 11.3 Å². The maximum absolute atomic E-state index is 12.2. The van der Waals surface area contributed by atoms with Gasteiger partial charge >= 0.3 is 11.8 Å². The Morgan fingerprint density at radius 2 is 1.78 bits per heavy atom. The molecule has 0 radical (unpaired) electrons. The molecule has 3 rings (SSSR count). The van der Waals surface area contributed by atoms with Gasteiger partial charge in [-0.25, -0.2) is 0 Å². The first kappa shape index (κ1) is 19.5. The summed E-state index contributed by atoms with van der Waals surface area (Å²) in [7, 11) is 0. The molecule has 6 nitrogen and oxygen atoms in total. The summed E-state index contributed by atoms with van der Waals surface area (Å²) in [5, 5.41) is 18.5. The minimum atomic E-state index is -1.24. The molecule has 7 heteroatoms. The van der Waals surface area contributed by atoms with Crippen LogP contribution < -0.4 is 10.6 Å². The molecular weight excluding hydrogens is 364 g/mol. The molecule has 1 aliphatic rings. The van der Waals surface area contributed by atoms with Gasteiger partial charge in [0.15, 0.2) is 0 Å². The lowest BCUT2D eigenvalue weighted by Gasteiger charge is -2.39. The fraction of sp³-hybridized carbons (Fsp3) is 0.400. The van der Waals surface area contributed by atoms with E-state index in [1.54, 1.807) is 0 Å². The Bertz CT molecular complexity index is 745. The van der Waals surface area contributed by atoms with Crippen LogP contribution in [0.2, 0.25) is 0 Å². The maximum atomic E-state index is 12.2. The van der Waals surface area contributed by atoms with Crippen molar-refractivity contribution in [2.24, 2.45) is 5.92 Å². The van der Waals surface area contributed by atoms with Crippen LogP contribution in [0.5, 0.6) is 0 Å². The van der Waals surface area contributed by atoms with Crippen molar-refractivity contribution < 1.29 is 19.4 Å². The highest BCUT2D eigenvalue weighted by atomic mass is 32.1. The summed E-state index contributed by atoms with van der Waals surface area (Å²) in [6.45, 7) is 1.45. The number of hydrogen-bond donors (Lipinski definition) is 3. The number of aliphatic hydroxyl groups is 1. The van der Waals surface area contributed by atoms with Gasteiger partial charge in [0.1, 0.15) is 5.60 Å². The van der Waals surface area contributed by atoms with Gasteiger partial charge in [-0.2, -0.15) is 0 Å². The molecule has 1 aromatic carbocycles. The second-order valence-corrected chi connectivity index (χ2v) is 7.65. The van der Waals surface area contributed by atoms with E-state index in [2.05, 4.69) is 10.6 Å². The topological polar surface area (TPSA) is 87.7 Å². The van der Waals surface area contributed by atoms with E-state index >= 15 is 0 Å². The number of ether oxygens (including phenoxy) is 1. The SMILES string of the molecule is O=C(NCc1cccs1)C(=O)NC[C@](O)(c1ccccc1)C1CCOCC1. The Kier molecular flexibility index (Phi) is 6.60. The van der Waals surface area contributed by atoms with E-state index in [4.69, 9.17) is 4.74 Å². The summed E-state index contributed by atoms with van der Waals surface area (Å²) in [5.74, 6) is -1.50. The molecule has 3 N–H and O–H groups in total. The van der Waals surface area contributed by atoms with Crippen LogP contribution in [0.4, 0.5) is 0 Å². The van der Waals surface area contributed by atoms with Crippen molar-refractivity contribution in [1.29, 1.82) is 0 Å². The normalized spacial score (nSPS) is 17.1. The highest BCUT2D eigenvalue weighted by Gasteiger charge is 2.39. The maximum Gasteiger partial charge on any atom is 0.309 e. The number of thiophene rings is 1. The fourth-order valence-corrected chi connectivity index (χ4v) is 3.98. The Labute approximate surface area is 162 Å². The third kappa shape index (κ3) is 4.94. The third-order valence-electron chi connectivity index (χ3n) is 4.90. The van der Waals surface area contributed by atoms with Crippen LogP contribution in [0, 0.1) is 5.92 Å². The van der Waals surface area contributed by atoms with Crippen LogP contribution in [-0.2, 0) is 26.5 Å². The third-order valence-corrected chi connectivity index (χ3v) is 5.77. The minimum absolute atomic E-state index is 0.0209. The van der Waals surface area contributed by atoms with Gasteiger partial charge in [-0.3, -0.25) is 9.59 Å². The highest BCUT2D eigenvalue weighted by Crippen LogP contribution is 2.35. The number of rotatable bonds is 6. The Balaban J connectivity index is 1.63. The average Bonchev–Trinajstić information content (AvgIpc) is 3.25. The molecule has 1 aliphatic heterocycles. The minimum Gasteiger partial charge on any atom is -0.383 e. The Morgan fingerprint density at radius 1 is 1.07 bits per heavy atom. The summed E-state index contributed by atoms with van der Waals surface area (Å²) in [5.41, 5.74) is -0.509. The predicted molar refractivity (Wildman–Crippen MR) is 103 cm³/mol. The number of carbonyl (C=O) groups excluding carboxylic acids is 2. The van der Waals surface area contributed by atoms with Crippen molar-refractivity contribution in [3.05, 3.63) is 58.3 Å². The molecule has 2 aromatic rings. The smallest absolute Gasteiger partial charge is 0.309 e. The van der Waals surface area contributed by atoms with Crippen LogP contribution in [-0.4, -0.2) is 36.7 Å². The summed E-state index contributed by atoms with van der Waals surface area (Å²) in [4.78, 5) is 25.2. The molecule has 0 aliphatic carbocycles. The lowest BCUT2D eigenvalue weighted by atomic mass is 9.77. The molecule has 1 aromatic heterocycles. The van der Waals surface area contributed by atoms with Crippen LogP contribution in [0.25, 0.3) is 0 Å². The first-order valence-electron chi connectivity index (χ1n) is 9.03. The first-order valence-corrected chi connectivity index (χ1v) is 9.91. The molecule has 2 amide bonds. The van der Waals surface area contributed by atoms with Gasteiger partial charge in [0.25, 0.3) is 0 Å². The molecule has 1 fully saturated rings. The van der Waals surface area contributed by atoms with E-state index in [1.807, 2.05) is 47.8 Å². The zero-order valence-corrected chi connectivity index (χ0v) is 15.8. The number of hydrogen-bond acceptors (Lipinski definition) is 5. The van der Waals surface area contributed by atoms with Crippen molar-refractivity contribution in [3.63, 3.8) is 0 Å². The van der Waals surface area contributed by atoms with E-state index < -0.39 is 17.4 Å². The highest BCUT2D eigenvalue weighted by molar-refractivity contribution is 7.09. The van der Waals surface area contributed by atoms with E-state index in [-0.39, 0.29) is 12.5 Å². The van der Waals surface area contributed by atoms with E-state index in [0.29, 0.717) is 32.6 Å². The quantitative estimate of drug-likeness (QED) is 0.659. The largest absolute Gasteiger partial charge is 0.383 e. The van der Waals surface area contributed by atoms with Gasteiger partial charge in [0.2, 0.25) is 0 Å². The lowest BCUT2D eigenvalue weighted by Crippen LogP contribution is -2.50. The fourth-order valence-electron chi connectivity index (χ4n) is 3.34. The molecular formula is C20H24N2O4S. The number of carbonyl (C=O) groups is 2. The van der Waals surface area contributed by atoms with Crippen LogP contribution >= 0.6 is 11.3 Å². The monoisotopic (exact) mass is 388 g/mol. The molecule has 1 saturated heterocycles. The van der Waals surface area contributed by atoms with Crippen molar-refractivity contribution in [2.45, 2.75) is 25.0 Å². The summed E-state index contributed by atoms with van der Waals surface area (Å²) < 4.78 is 5.40. The molecule has 144 valence electrons. The second kappa shape index (κ2) is 9.12. The lowest BCUT2D eigenvalue weighted by molar-refractivity contribution is -0.140. The standard InChI is InChI=1S/C20H24N2O4S/c23-18(21-13-17-7-4-12-27-17)19(24)22-14-20(25,15-5-2-1-3-6-15)16-8-10-26-11-9-16/h1-7,12,16,25H,8-11,13-14H2,(H,21,23)(H,22,24)/t20-/m0/s1. The summed E-state index contributed by atoms with van der Waals surface area (Å²) in [6.07, 6.45) is 1.40. The molecule has 27 heavy (non-hydrogen) atoms. The van der Waals surface area contributed by atoms with Gasteiger partial charge in [-0.15, -0.1) is 11.3 Å². The van der Waals surface area contributed by atoms with Crippen LogP contribution in [0.1, 0.15) is 23.3 Å². The second-order valence-electron chi connectivity index (χ2n) is 6.62.